The van der Waals surface area contributed by atoms with Crippen LogP contribution in [0.5, 0.6) is 0 Å². The molecular weight excluding hydrogens is 1080 g/mol. The summed E-state index contributed by atoms with van der Waals surface area (Å²) in [5.41, 5.74) is 21.9. The highest BCUT2D eigenvalue weighted by Gasteiger charge is 2.38. The van der Waals surface area contributed by atoms with Gasteiger partial charge in [0.15, 0.2) is 0 Å². The number of rotatable bonds is 10. The molecule has 17 rings (SSSR count). The minimum absolute atomic E-state index is 0.209. The van der Waals surface area contributed by atoms with Gasteiger partial charge in [-0.05, 0) is 193 Å². The van der Waals surface area contributed by atoms with E-state index in [4.69, 9.17) is 0 Å². The minimum atomic E-state index is -0.209. The number of nitrogens with zero attached hydrogens (tertiary/aromatic N) is 2. The molecule has 2 heteroatoms. The first kappa shape index (κ1) is 53.2. The lowest BCUT2D eigenvalue weighted by Gasteiger charge is -2.29. The fourth-order valence-electron chi connectivity index (χ4n) is 15.0. The van der Waals surface area contributed by atoms with Crippen LogP contribution < -0.4 is 9.80 Å². The number of benzene rings is 15. The minimum Gasteiger partial charge on any atom is -0.310 e. The van der Waals surface area contributed by atoms with Gasteiger partial charge in [0.1, 0.15) is 0 Å². The molecule has 15 aromatic rings. The standard InChI is InChI=1S/C88H64N2/c1-87(2)81-51-59(33-45-77(81)79-47-41-71(55-83(79)87)89(69-39-37-61-15-5-7-19-65(61)53-69)85-25-13-21-63-17-9-11-23-75(63)85)29-27-57-31-43-73-67(49-57)35-36-68-50-58(32-44-74(68)73)28-30-60-34-46-78-80-48-42-72(56-84(80)88(3,4)82(78)52-60)90(70-40-38-62-16-6-8-20-66(62)54-70)86-26-14-22-64-18-10-12-24-76(64)86/h5-56H,1-4H3. The van der Waals surface area contributed by atoms with Crippen molar-refractivity contribution in [1.29, 1.82) is 0 Å². The predicted octanol–water partition coefficient (Wildman–Crippen LogP) is 24.5. The molecule has 0 spiro atoms. The maximum Gasteiger partial charge on any atom is 0.0540 e. The van der Waals surface area contributed by atoms with Gasteiger partial charge in [-0.3, -0.25) is 0 Å². The Labute approximate surface area is 526 Å². The molecule has 2 aliphatic rings. The second kappa shape index (κ2) is 20.8. The van der Waals surface area contributed by atoms with Crippen LogP contribution in [0.3, 0.4) is 0 Å². The summed E-state index contributed by atoms with van der Waals surface area (Å²) in [6.45, 7) is 9.55. The average molecular weight is 1150 g/mol. The Kier molecular flexibility index (Phi) is 12.3. The Balaban J connectivity index is 0.618. The van der Waals surface area contributed by atoms with Gasteiger partial charge in [0.25, 0.3) is 0 Å². The van der Waals surface area contributed by atoms with Gasteiger partial charge < -0.3 is 9.80 Å². The Hall–Kier alpha value is -11.1. The molecule has 0 amide bonds. The van der Waals surface area contributed by atoms with Crippen molar-refractivity contribution in [1.82, 2.24) is 0 Å². The van der Waals surface area contributed by atoms with Crippen molar-refractivity contribution in [3.05, 3.63) is 336 Å². The van der Waals surface area contributed by atoms with Crippen LogP contribution in [-0.2, 0) is 10.8 Å². The van der Waals surface area contributed by atoms with E-state index in [1.807, 2.05) is 0 Å². The molecule has 0 fully saturated rings. The van der Waals surface area contributed by atoms with Crippen molar-refractivity contribution in [2.45, 2.75) is 38.5 Å². The third-order valence-corrected chi connectivity index (χ3v) is 19.7. The van der Waals surface area contributed by atoms with Crippen LogP contribution in [0, 0.1) is 0 Å². The van der Waals surface area contributed by atoms with Crippen molar-refractivity contribution in [3.8, 4) is 22.3 Å². The zero-order valence-electron chi connectivity index (χ0n) is 50.9. The molecule has 426 valence electrons. The van der Waals surface area contributed by atoms with Gasteiger partial charge in [-0.25, -0.2) is 0 Å². The Morgan fingerprint density at radius 3 is 0.967 bits per heavy atom. The molecule has 0 radical (unpaired) electrons. The van der Waals surface area contributed by atoms with E-state index in [0.29, 0.717) is 0 Å². The molecule has 15 aromatic carbocycles. The first-order valence-electron chi connectivity index (χ1n) is 31.5. The van der Waals surface area contributed by atoms with E-state index in [0.717, 1.165) is 22.7 Å². The molecule has 0 saturated carbocycles. The maximum absolute atomic E-state index is 2.45. The molecular formula is C88H64N2. The van der Waals surface area contributed by atoms with Crippen molar-refractivity contribution in [2.24, 2.45) is 0 Å². The number of fused-ring (bicyclic) bond motifs is 13. The lowest BCUT2D eigenvalue weighted by atomic mass is 9.81. The van der Waals surface area contributed by atoms with E-state index >= 15 is 0 Å². The van der Waals surface area contributed by atoms with Crippen LogP contribution >= 0.6 is 0 Å². The smallest absolute Gasteiger partial charge is 0.0540 e. The molecule has 90 heavy (non-hydrogen) atoms. The number of anilines is 6. The normalized spacial score (nSPS) is 13.6. The van der Waals surface area contributed by atoms with Crippen molar-refractivity contribution in [3.63, 3.8) is 0 Å². The Morgan fingerprint density at radius 1 is 0.222 bits per heavy atom. The summed E-state index contributed by atoms with van der Waals surface area (Å²) >= 11 is 0. The largest absolute Gasteiger partial charge is 0.310 e. The molecule has 0 N–H and O–H groups in total. The molecule has 0 saturated heterocycles. The molecule has 0 unspecified atom stereocenters. The molecule has 2 nitrogen and oxygen atoms in total. The number of hydrogen-bond acceptors (Lipinski definition) is 2. The molecule has 0 aliphatic heterocycles. The molecule has 0 atom stereocenters. The van der Waals surface area contributed by atoms with E-state index in [2.05, 4.69) is 353 Å². The fraction of sp³-hybridized carbons (Fsp3) is 0.0682. The Bertz CT molecular complexity index is 5170. The molecule has 2 aliphatic carbocycles. The maximum atomic E-state index is 2.45. The van der Waals surface area contributed by atoms with Crippen LogP contribution in [0.25, 0.3) is 111 Å². The van der Waals surface area contributed by atoms with Gasteiger partial charge in [0.05, 0.1) is 11.4 Å². The second-order valence-corrected chi connectivity index (χ2v) is 25.7. The van der Waals surface area contributed by atoms with Gasteiger partial charge in [0.2, 0.25) is 0 Å². The summed E-state index contributed by atoms with van der Waals surface area (Å²) in [5, 5.41) is 14.8. The Morgan fingerprint density at radius 2 is 0.533 bits per heavy atom. The van der Waals surface area contributed by atoms with E-state index < -0.39 is 0 Å². The topological polar surface area (TPSA) is 6.48 Å². The van der Waals surface area contributed by atoms with Crippen molar-refractivity contribution in [2.75, 3.05) is 9.80 Å². The summed E-state index contributed by atoms with van der Waals surface area (Å²) in [7, 11) is 0. The SMILES string of the molecule is CC1(C)c2cc(C=Cc3ccc4c(ccc5cc(C=Cc6ccc7c(c6)C(C)(C)c6cc(N(c8ccc9ccccc9c8)c8cccc9ccccc89)ccc6-7)ccc54)c3)ccc2-c2ccc(N(c3ccc4ccccc4c3)c3cccc4ccccc34)cc21. The van der Waals surface area contributed by atoms with Gasteiger partial charge >= 0.3 is 0 Å². The summed E-state index contributed by atoms with van der Waals surface area (Å²) in [6, 6.07) is 108. The highest BCUT2D eigenvalue weighted by atomic mass is 15.1. The zero-order chi connectivity index (χ0) is 60.2. The number of hydrogen-bond donors (Lipinski definition) is 0. The summed E-state index contributed by atoms with van der Waals surface area (Å²) in [4.78, 5) is 4.89. The van der Waals surface area contributed by atoms with Crippen molar-refractivity contribution < 1.29 is 0 Å². The van der Waals surface area contributed by atoms with Crippen LogP contribution in [-0.4, -0.2) is 0 Å². The monoisotopic (exact) mass is 1150 g/mol. The van der Waals surface area contributed by atoms with E-state index in [9.17, 15) is 0 Å². The molecule has 0 bridgehead atoms. The zero-order valence-corrected chi connectivity index (χ0v) is 50.9. The fourth-order valence-corrected chi connectivity index (χ4v) is 15.0. The van der Waals surface area contributed by atoms with Crippen LogP contribution in [0.4, 0.5) is 34.1 Å². The first-order valence-corrected chi connectivity index (χ1v) is 31.5. The van der Waals surface area contributed by atoms with Gasteiger partial charge in [-0.15, -0.1) is 0 Å². The lowest BCUT2D eigenvalue weighted by molar-refractivity contribution is 0.660. The highest BCUT2D eigenvalue weighted by molar-refractivity contribution is 6.09. The van der Waals surface area contributed by atoms with Crippen LogP contribution in [0.1, 0.15) is 72.2 Å². The predicted molar refractivity (Wildman–Crippen MR) is 387 cm³/mol. The van der Waals surface area contributed by atoms with Gasteiger partial charge in [-0.2, -0.15) is 0 Å². The third-order valence-electron chi connectivity index (χ3n) is 19.7. The third kappa shape index (κ3) is 8.85. The highest BCUT2D eigenvalue weighted by Crippen LogP contribution is 2.54. The van der Waals surface area contributed by atoms with E-state index in [1.165, 1.54) is 143 Å². The molecule has 0 heterocycles. The van der Waals surface area contributed by atoms with Gasteiger partial charge in [-0.1, -0.05) is 270 Å². The van der Waals surface area contributed by atoms with E-state index in [1.54, 1.807) is 0 Å². The van der Waals surface area contributed by atoms with Crippen LogP contribution in [0.15, 0.2) is 291 Å². The average Bonchev–Trinajstić information content (AvgIpc) is 1.56. The summed E-state index contributed by atoms with van der Waals surface area (Å²) in [6.07, 6.45) is 9.09. The summed E-state index contributed by atoms with van der Waals surface area (Å²) in [5.74, 6) is 0. The van der Waals surface area contributed by atoms with Gasteiger partial charge in [0, 0.05) is 44.4 Å². The summed E-state index contributed by atoms with van der Waals surface area (Å²) < 4.78 is 0. The lowest BCUT2D eigenvalue weighted by Crippen LogP contribution is -2.17. The van der Waals surface area contributed by atoms with Crippen LogP contribution in [0.2, 0.25) is 0 Å². The van der Waals surface area contributed by atoms with Crippen molar-refractivity contribution >= 4 is 123 Å². The second-order valence-electron chi connectivity index (χ2n) is 25.7. The first-order chi connectivity index (χ1) is 44.1. The quantitative estimate of drug-likeness (QED) is 0.0995. The van der Waals surface area contributed by atoms with E-state index in [-0.39, 0.29) is 10.8 Å². The molecule has 0 aromatic heterocycles.